The van der Waals surface area contributed by atoms with E-state index in [-0.39, 0.29) is 0 Å². The summed E-state index contributed by atoms with van der Waals surface area (Å²) in [5.74, 6) is 0. The average Bonchev–Trinajstić information content (AvgIpc) is 2.68. The molecule has 0 spiro atoms. The molecule has 1 aromatic rings. The van der Waals surface area contributed by atoms with Crippen molar-refractivity contribution in [3.05, 3.63) is 20.8 Å². The summed E-state index contributed by atoms with van der Waals surface area (Å²) in [4.78, 5) is 1.33. The van der Waals surface area contributed by atoms with Gasteiger partial charge in [-0.15, -0.1) is 11.3 Å². The molecule has 3 nitrogen and oxygen atoms in total. The van der Waals surface area contributed by atoms with E-state index in [4.69, 9.17) is 9.47 Å². The Balaban J connectivity index is 1.91. The van der Waals surface area contributed by atoms with Crippen LogP contribution in [0.4, 0.5) is 0 Å². The van der Waals surface area contributed by atoms with Crippen molar-refractivity contribution in [3.8, 4) is 0 Å². The summed E-state index contributed by atoms with van der Waals surface area (Å²) < 4.78 is 11.6. The van der Waals surface area contributed by atoms with Crippen LogP contribution in [0.1, 0.15) is 11.3 Å². The molecule has 0 atom stereocenters. The van der Waals surface area contributed by atoms with Crippen molar-refractivity contribution < 1.29 is 9.47 Å². The lowest BCUT2D eigenvalue weighted by Gasteiger charge is -2.05. The van der Waals surface area contributed by atoms with E-state index >= 15 is 0 Å². The van der Waals surface area contributed by atoms with Gasteiger partial charge in [-0.2, -0.15) is 0 Å². The minimum atomic E-state index is 0.757. The smallest absolute Gasteiger partial charge is 0.0591 e. The quantitative estimate of drug-likeness (QED) is 0.712. The van der Waals surface area contributed by atoms with E-state index in [9.17, 15) is 0 Å². The molecular formula is C11H18BrNO2S. The number of halogens is 1. The Kier molecular flexibility index (Phi) is 8.06. The zero-order chi connectivity index (χ0) is 11.6. The third-order valence-electron chi connectivity index (χ3n) is 2.04. The van der Waals surface area contributed by atoms with Gasteiger partial charge in [0.05, 0.1) is 6.61 Å². The molecule has 92 valence electrons. The summed E-state index contributed by atoms with van der Waals surface area (Å²) >= 11 is 5.26. The molecule has 0 saturated carbocycles. The van der Waals surface area contributed by atoms with E-state index in [0.29, 0.717) is 0 Å². The number of hydrogen-bond donors (Lipinski definition) is 1. The molecule has 0 bridgehead atoms. The maximum atomic E-state index is 5.43. The fraction of sp³-hybridized carbons (Fsp3) is 0.636. The van der Waals surface area contributed by atoms with E-state index in [1.807, 2.05) is 0 Å². The van der Waals surface area contributed by atoms with E-state index < -0.39 is 0 Å². The van der Waals surface area contributed by atoms with Gasteiger partial charge in [0.15, 0.2) is 0 Å². The van der Waals surface area contributed by atoms with E-state index in [0.717, 1.165) is 39.3 Å². The Morgan fingerprint density at radius 2 is 2.25 bits per heavy atom. The molecule has 1 N–H and O–H groups in total. The fourth-order valence-electron chi connectivity index (χ4n) is 1.20. The highest BCUT2D eigenvalue weighted by Gasteiger charge is 1.99. The minimum absolute atomic E-state index is 0.757. The summed E-state index contributed by atoms with van der Waals surface area (Å²) in [7, 11) is 1.71. The van der Waals surface area contributed by atoms with E-state index in [1.165, 1.54) is 9.35 Å². The number of hydrogen-bond acceptors (Lipinski definition) is 4. The first-order valence-corrected chi connectivity index (χ1v) is 7.01. The van der Waals surface area contributed by atoms with Gasteiger partial charge in [-0.1, -0.05) is 0 Å². The monoisotopic (exact) mass is 307 g/mol. The first-order valence-electron chi connectivity index (χ1n) is 5.34. The zero-order valence-electron chi connectivity index (χ0n) is 9.50. The van der Waals surface area contributed by atoms with Crippen LogP contribution in [0.2, 0.25) is 0 Å². The molecule has 0 unspecified atom stereocenters. The van der Waals surface area contributed by atoms with Crippen LogP contribution in [0.3, 0.4) is 0 Å². The normalized spacial score (nSPS) is 10.9. The van der Waals surface area contributed by atoms with Gasteiger partial charge in [-0.25, -0.2) is 0 Å². The van der Waals surface area contributed by atoms with Gasteiger partial charge in [0.1, 0.15) is 0 Å². The number of methoxy groups -OCH3 is 1. The first kappa shape index (κ1) is 14.1. The van der Waals surface area contributed by atoms with E-state index in [2.05, 4.69) is 32.7 Å². The summed E-state index contributed by atoms with van der Waals surface area (Å²) in [6, 6.07) is 2.07. The van der Waals surface area contributed by atoms with Crippen LogP contribution >= 0.6 is 27.3 Å². The second kappa shape index (κ2) is 9.13. The van der Waals surface area contributed by atoms with Crippen LogP contribution in [-0.2, 0) is 16.0 Å². The van der Waals surface area contributed by atoms with Crippen molar-refractivity contribution in [2.45, 2.75) is 13.0 Å². The molecule has 16 heavy (non-hydrogen) atoms. The molecule has 0 aliphatic carbocycles. The predicted molar refractivity (Wildman–Crippen MR) is 71.0 cm³/mol. The second-order valence-corrected chi connectivity index (χ2v) is 5.18. The lowest BCUT2D eigenvalue weighted by Crippen LogP contribution is -2.19. The number of thiophene rings is 1. The topological polar surface area (TPSA) is 30.5 Å². The van der Waals surface area contributed by atoms with Gasteiger partial charge in [-0.05, 0) is 33.8 Å². The fourth-order valence-corrected chi connectivity index (χ4v) is 2.67. The minimum Gasteiger partial charge on any atom is -0.385 e. The SMILES string of the molecule is COCCCOCCNCc1sccc1Br. The van der Waals surface area contributed by atoms with Gasteiger partial charge in [0.2, 0.25) is 0 Å². The number of rotatable bonds is 9. The summed E-state index contributed by atoms with van der Waals surface area (Å²) in [5.41, 5.74) is 0. The molecule has 0 fully saturated rings. The van der Waals surface area contributed by atoms with Crippen molar-refractivity contribution in [3.63, 3.8) is 0 Å². The molecule has 0 saturated heterocycles. The Morgan fingerprint density at radius 3 is 2.94 bits per heavy atom. The second-order valence-electron chi connectivity index (χ2n) is 3.33. The van der Waals surface area contributed by atoms with Crippen LogP contribution < -0.4 is 5.32 Å². The van der Waals surface area contributed by atoms with Gasteiger partial charge < -0.3 is 14.8 Å². The molecular weight excluding hydrogens is 290 g/mol. The highest BCUT2D eigenvalue weighted by molar-refractivity contribution is 9.10. The van der Waals surface area contributed by atoms with Gasteiger partial charge >= 0.3 is 0 Å². The van der Waals surface area contributed by atoms with Crippen molar-refractivity contribution in [1.82, 2.24) is 5.32 Å². The number of ether oxygens (including phenoxy) is 2. The molecule has 1 heterocycles. The number of nitrogens with one attached hydrogen (secondary N) is 1. The van der Waals surface area contributed by atoms with Crippen LogP contribution in [0.25, 0.3) is 0 Å². The van der Waals surface area contributed by atoms with Gasteiger partial charge in [0, 0.05) is 42.8 Å². The Morgan fingerprint density at radius 1 is 1.38 bits per heavy atom. The van der Waals surface area contributed by atoms with Crippen LogP contribution in [0, 0.1) is 0 Å². The molecule has 0 aromatic carbocycles. The first-order chi connectivity index (χ1) is 7.84. The van der Waals surface area contributed by atoms with E-state index in [1.54, 1.807) is 18.4 Å². The lowest BCUT2D eigenvalue weighted by atomic mass is 10.4. The Bertz CT molecular complexity index is 281. The van der Waals surface area contributed by atoms with Crippen LogP contribution in [0.15, 0.2) is 15.9 Å². The third-order valence-corrected chi connectivity index (χ3v) is 3.96. The van der Waals surface area contributed by atoms with Gasteiger partial charge in [-0.3, -0.25) is 0 Å². The van der Waals surface area contributed by atoms with Crippen LogP contribution in [-0.4, -0.2) is 33.5 Å². The molecule has 0 aliphatic heterocycles. The lowest BCUT2D eigenvalue weighted by molar-refractivity contribution is 0.104. The predicted octanol–water partition coefficient (Wildman–Crippen LogP) is 2.65. The molecule has 0 amide bonds. The third kappa shape index (κ3) is 5.96. The Labute approximate surface area is 109 Å². The maximum Gasteiger partial charge on any atom is 0.0591 e. The summed E-state index contributed by atoms with van der Waals surface area (Å²) in [6.07, 6.45) is 0.965. The molecule has 5 heteroatoms. The highest BCUT2D eigenvalue weighted by atomic mass is 79.9. The standard InChI is InChI=1S/C11H18BrNO2S/c1-14-5-2-6-15-7-4-13-9-11-10(12)3-8-16-11/h3,8,13H,2,4-7,9H2,1H3. The van der Waals surface area contributed by atoms with Crippen molar-refractivity contribution >= 4 is 27.3 Å². The van der Waals surface area contributed by atoms with Gasteiger partial charge in [0.25, 0.3) is 0 Å². The average molecular weight is 308 g/mol. The maximum absolute atomic E-state index is 5.43. The molecule has 1 rings (SSSR count). The molecule has 0 aliphatic rings. The molecule has 0 radical (unpaired) electrons. The highest BCUT2D eigenvalue weighted by Crippen LogP contribution is 2.21. The summed E-state index contributed by atoms with van der Waals surface area (Å²) in [5, 5.41) is 5.43. The van der Waals surface area contributed by atoms with Crippen molar-refractivity contribution in [1.29, 1.82) is 0 Å². The van der Waals surface area contributed by atoms with Crippen LogP contribution in [0.5, 0.6) is 0 Å². The van der Waals surface area contributed by atoms with Crippen molar-refractivity contribution in [2.75, 3.05) is 33.5 Å². The Hall–Kier alpha value is 0.0600. The zero-order valence-corrected chi connectivity index (χ0v) is 11.9. The largest absolute Gasteiger partial charge is 0.385 e. The molecule has 1 aromatic heterocycles. The van der Waals surface area contributed by atoms with Crippen molar-refractivity contribution in [2.24, 2.45) is 0 Å². The summed E-state index contributed by atoms with van der Waals surface area (Å²) in [6.45, 7) is 4.09.